The number of anilines is 2. The third-order valence-electron chi connectivity index (χ3n) is 3.71. The van der Waals surface area contributed by atoms with E-state index in [0.717, 1.165) is 4.90 Å². The molecule has 116 valence electrons. The Morgan fingerprint density at radius 3 is 2.30 bits per heavy atom. The fourth-order valence-corrected chi connectivity index (χ4v) is 2.48. The number of carbonyl (C=O) groups is 3. The van der Waals surface area contributed by atoms with E-state index < -0.39 is 5.91 Å². The van der Waals surface area contributed by atoms with Crippen LogP contribution in [-0.4, -0.2) is 17.7 Å². The smallest absolute Gasteiger partial charge is 0.268 e. The molecule has 0 aromatic heterocycles. The average molecular weight is 308 g/mol. The number of nitrogens with zero attached hydrogens (tertiary/aromatic N) is 1. The van der Waals surface area contributed by atoms with Crippen LogP contribution in [-0.2, 0) is 4.79 Å². The minimum Gasteiger partial charge on any atom is -0.325 e. The number of nitrogens with one attached hydrogen (secondary N) is 1. The molecule has 5 nitrogen and oxygen atoms in total. The molecule has 1 heterocycles. The summed E-state index contributed by atoms with van der Waals surface area (Å²) in [6.45, 7) is 3.53. The van der Waals surface area contributed by atoms with Gasteiger partial charge in [-0.1, -0.05) is 38.1 Å². The van der Waals surface area contributed by atoms with Crippen molar-refractivity contribution in [1.82, 2.24) is 0 Å². The molecule has 1 N–H and O–H groups in total. The van der Waals surface area contributed by atoms with Gasteiger partial charge >= 0.3 is 0 Å². The van der Waals surface area contributed by atoms with Gasteiger partial charge in [0.2, 0.25) is 5.91 Å². The standard InChI is InChI=1S/C18H16N2O3/c1-11(2)16(21)19-14-10-6-9-13-15(14)18(23)20(17(13)22)12-7-4-3-5-8-12/h3-11H,1-2H3,(H,19,21). The summed E-state index contributed by atoms with van der Waals surface area (Å²) < 4.78 is 0. The number of carbonyl (C=O) groups excluding carboxylic acids is 3. The summed E-state index contributed by atoms with van der Waals surface area (Å²) in [7, 11) is 0. The topological polar surface area (TPSA) is 66.5 Å². The molecule has 2 aromatic rings. The van der Waals surface area contributed by atoms with E-state index in [1.165, 1.54) is 0 Å². The van der Waals surface area contributed by atoms with Crippen LogP contribution in [0.15, 0.2) is 48.5 Å². The first kappa shape index (κ1) is 15.0. The maximum atomic E-state index is 12.7. The van der Waals surface area contributed by atoms with E-state index in [9.17, 15) is 14.4 Å². The van der Waals surface area contributed by atoms with Gasteiger partial charge in [-0.05, 0) is 24.3 Å². The number of rotatable bonds is 3. The largest absolute Gasteiger partial charge is 0.325 e. The third-order valence-corrected chi connectivity index (χ3v) is 3.71. The molecule has 2 aromatic carbocycles. The number of amides is 3. The number of hydrogen-bond acceptors (Lipinski definition) is 3. The highest BCUT2D eigenvalue weighted by Gasteiger charge is 2.38. The molecule has 0 radical (unpaired) electrons. The second kappa shape index (κ2) is 5.68. The predicted octanol–water partition coefficient (Wildman–Crippen LogP) is 3.08. The van der Waals surface area contributed by atoms with Gasteiger partial charge in [-0.2, -0.15) is 0 Å². The van der Waals surface area contributed by atoms with E-state index in [4.69, 9.17) is 0 Å². The van der Waals surface area contributed by atoms with Crippen molar-refractivity contribution in [2.24, 2.45) is 5.92 Å². The normalized spacial score (nSPS) is 13.4. The lowest BCUT2D eigenvalue weighted by Crippen LogP contribution is -2.29. The third kappa shape index (κ3) is 2.50. The van der Waals surface area contributed by atoms with Crippen LogP contribution in [0.5, 0.6) is 0 Å². The van der Waals surface area contributed by atoms with Crippen LogP contribution in [0.2, 0.25) is 0 Å². The van der Waals surface area contributed by atoms with Gasteiger partial charge < -0.3 is 5.32 Å². The van der Waals surface area contributed by atoms with Crippen molar-refractivity contribution in [1.29, 1.82) is 0 Å². The number of fused-ring (bicyclic) bond motifs is 1. The van der Waals surface area contributed by atoms with Crippen LogP contribution in [0.4, 0.5) is 11.4 Å². The first-order valence-electron chi connectivity index (χ1n) is 7.38. The highest BCUT2D eigenvalue weighted by Crippen LogP contribution is 2.32. The molecule has 5 heteroatoms. The zero-order valence-electron chi connectivity index (χ0n) is 12.9. The molecule has 1 aliphatic heterocycles. The molecule has 0 fully saturated rings. The van der Waals surface area contributed by atoms with Crippen molar-refractivity contribution in [2.45, 2.75) is 13.8 Å². The van der Waals surface area contributed by atoms with Crippen molar-refractivity contribution in [3.63, 3.8) is 0 Å². The Kier molecular flexibility index (Phi) is 3.70. The summed E-state index contributed by atoms with van der Waals surface area (Å²) in [5.74, 6) is -1.21. The molecule has 3 rings (SSSR count). The molecule has 0 bridgehead atoms. The van der Waals surface area contributed by atoms with Gasteiger partial charge in [0.1, 0.15) is 0 Å². The summed E-state index contributed by atoms with van der Waals surface area (Å²) in [5.41, 5.74) is 1.44. The molecule has 0 atom stereocenters. The monoisotopic (exact) mass is 308 g/mol. The second-order valence-corrected chi connectivity index (χ2v) is 5.65. The summed E-state index contributed by atoms with van der Waals surface area (Å²) in [5, 5.41) is 2.73. The van der Waals surface area contributed by atoms with E-state index in [2.05, 4.69) is 5.32 Å². The van der Waals surface area contributed by atoms with E-state index in [1.807, 2.05) is 6.07 Å². The predicted molar refractivity (Wildman–Crippen MR) is 87.5 cm³/mol. The van der Waals surface area contributed by atoms with Crippen LogP contribution >= 0.6 is 0 Å². The van der Waals surface area contributed by atoms with Gasteiger partial charge in [-0.25, -0.2) is 4.90 Å². The number of para-hydroxylation sites is 1. The highest BCUT2D eigenvalue weighted by atomic mass is 16.2. The maximum absolute atomic E-state index is 12.7. The van der Waals surface area contributed by atoms with Gasteiger partial charge in [-0.15, -0.1) is 0 Å². The Labute approximate surface area is 133 Å². The molecule has 1 aliphatic rings. The van der Waals surface area contributed by atoms with Crippen LogP contribution in [0.1, 0.15) is 34.6 Å². The minimum atomic E-state index is -0.421. The van der Waals surface area contributed by atoms with Crippen LogP contribution < -0.4 is 10.2 Å². The zero-order chi connectivity index (χ0) is 16.6. The lowest BCUT2D eigenvalue weighted by atomic mass is 10.1. The van der Waals surface area contributed by atoms with Gasteiger partial charge in [0.15, 0.2) is 0 Å². The van der Waals surface area contributed by atoms with Gasteiger partial charge in [-0.3, -0.25) is 14.4 Å². The van der Waals surface area contributed by atoms with Gasteiger partial charge in [0, 0.05) is 5.92 Å². The van der Waals surface area contributed by atoms with Crippen molar-refractivity contribution < 1.29 is 14.4 Å². The van der Waals surface area contributed by atoms with Crippen molar-refractivity contribution in [3.8, 4) is 0 Å². The summed E-state index contributed by atoms with van der Waals surface area (Å²) in [4.78, 5) is 38.4. The Morgan fingerprint density at radius 2 is 1.65 bits per heavy atom. The number of hydrogen-bond donors (Lipinski definition) is 1. The lowest BCUT2D eigenvalue weighted by Gasteiger charge is -2.14. The maximum Gasteiger partial charge on any atom is 0.268 e. The van der Waals surface area contributed by atoms with Crippen molar-refractivity contribution >= 4 is 29.1 Å². The molecule has 0 spiro atoms. The molecule has 0 unspecified atom stereocenters. The van der Waals surface area contributed by atoms with Crippen molar-refractivity contribution in [3.05, 3.63) is 59.7 Å². The van der Waals surface area contributed by atoms with Gasteiger partial charge in [0.05, 0.1) is 22.5 Å². The van der Waals surface area contributed by atoms with E-state index in [0.29, 0.717) is 16.9 Å². The Morgan fingerprint density at radius 1 is 0.957 bits per heavy atom. The molecule has 0 aliphatic carbocycles. The fourth-order valence-electron chi connectivity index (χ4n) is 2.48. The minimum absolute atomic E-state index is 0.197. The SMILES string of the molecule is CC(C)C(=O)Nc1cccc2c1C(=O)N(c1ccccc1)C2=O. The average Bonchev–Trinajstić information content (AvgIpc) is 2.80. The van der Waals surface area contributed by atoms with Crippen molar-refractivity contribution in [2.75, 3.05) is 10.2 Å². The van der Waals surface area contributed by atoms with E-state index in [-0.39, 0.29) is 23.3 Å². The molecule has 0 saturated heterocycles. The quantitative estimate of drug-likeness (QED) is 0.886. The molecular formula is C18H16N2O3. The first-order valence-corrected chi connectivity index (χ1v) is 7.38. The highest BCUT2D eigenvalue weighted by molar-refractivity contribution is 6.36. The number of benzene rings is 2. The Hall–Kier alpha value is -2.95. The summed E-state index contributed by atoms with van der Waals surface area (Å²) in [6.07, 6.45) is 0. The molecule has 3 amide bonds. The Bertz CT molecular complexity index is 797. The molecule has 0 saturated carbocycles. The number of imide groups is 1. The first-order chi connectivity index (χ1) is 11.0. The van der Waals surface area contributed by atoms with Crippen LogP contribution in [0, 0.1) is 5.92 Å². The van der Waals surface area contributed by atoms with Crippen LogP contribution in [0.3, 0.4) is 0 Å². The summed E-state index contributed by atoms with van der Waals surface area (Å²) >= 11 is 0. The zero-order valence-corrected chi connectivity index (χ0v) is 12.9. The molecule has 23 heavy (non-hydrogen) atoms. The van der Waals surface area contributed by atoms with E-state index in [1.54, 1.807) is 56.3 Å². The summed E-state index contributed by atoms with van der Waals surface area (Å²) in [6, 6.07) is 13.6. The second-order valence-electron chi connectivity index (χ2n) is 5.65. The Balaban J connectivity index is 2.04. The molecular weight excluding hydrogens is 292 g/mol. The van der Waals surface area contributed by atoms with Crippen LogP contribution in [0.25, 0.3) is 0 Å². The fraction of sp³-hybridized carbons (Fsp3) is 0.167. The van der Waals surface area contributed by atoms with Gasteiger partial charge in [0.25, 0.3) is 11.8 Å². The lowest BCUT2D eigenvalue weighted by molar-refractivity contribution is -0.118. The van der Waals surface area contributed by atoms with E-state index >= 15 is 0 Å².